The molecule has 0 spiro atoms. The summed E-state index contributed by atoms with van der Waals surface area (Å²) in [6.07, 6.45) is 1.56. The molecule has 2 aromatic rings. The monoisotopic (exact) mass is 333 g/mol. The van der Waals surface area contributed by atoms with Gasteiger partial charge in [0, 0.05) is 15.3 Å². The Balaban J connectivity index is 2.54. The lowest BCUT2D eigenvalue weighted by Gasteiger charge is -2.03. The van der Waals surface area contributed by atoms with Gasteiger partial charge in [-0.3, -0.25) is 4.98 Å². The van der Waals surface area contributed by atoms with Crippen LogP contribution < -0.4 is 0 Å². The van der Waals surface area contributed by atoms with Crippen molar-refractivity contribution in [2.24, 2.45) is 0 Å². The van der Waals surface area contributed by atoms with Crippen molar-refractivity contribution < 1.29 is 4.39 Å². The summed E-state index contributed by atoms with van der Waals surface area (Å²) in [4.78, 5) is 4.18. The van der Waals surface area contributed by atoms with Gasteiger partial charge in [-0.05, 0) is 40.8 Å². The van der Waals surface area contributed by atoms with E-state index in [-0.39, 0.29) is 5.82 Å². The lowest BCUT2D eigenvalue weighted by molar-refractivity contribution is 0.628. The highest BCUT2D eigenvalue weighted by atomic mass is 127. The highest BCUT2D eigenvalue weighted by Crippen LogP contribution is 2.25. The van der Waals surface area contributed by atoms with E-state index in [4.69, 9.17) is 11.6 Å². The molecule has 0 unspecified atom stereocenters. The molecule has 0 aliphatic heterocycles. The summed E-state index contributed by atoms with van der Waals surface area (Å²) in [7, 11) is 0. The summed E-state index contributed by atoms with van der Waals surface area (Å²) in [6.45, 7) is 0. The molecule has 0 aliphatic carbocycles. The number of hydrogen-bond donors (Lipinski definition) is 0. The van der Waals surface area contributed by atoms with Gasteiger partial charge in [-0.15, -0.1) is 0 Å². The number of benzene rings is 1. The summed E-state index contributed by atoms with van der Waals surface area (Å²) in [5, 5.41) is 0.583. The summed E-state index contributed by atoms with van der Waals surface area (Å²) in [5.74, 6) is -0.264. The zero-order chi connectivity index (χ0) is 10.8. The summed E-state index contributed by atoms with van der Waals surface area (Å²) in [6, 6.07) is 8.15. The van der Waals surface area contributed by atoms with Crippen LogP contribution in [-0.4, -0.2) is 4.98 Å². The highest BCUT2D eigenvalue weighted by Gasteiger charge is 2.05. The molecule has 0 atom stereocenters. The first-order valence-corrected chi connectivity index (χ1v) is 5.69. The molecule has 15 heavy (non-hydrogen) atoms. The maximum atomic E-state index is 13.0. The van der Waals surface area contributed by atoms with Crippen LogP contribution in [-0.2, 0) is 0 Å². The average Bonchev–Trinajstić information content (AvgIpc) is 2.17. The Labute approximate surface area is 105 Å². The van der Waals surface area contributed by atoms with Gasteiger partial charge in [-0.25, -0.2) is 4.39 Å². The molecule has 0 aliphatic rings. The number of pyridine rings is 1. The minimum absolute atomic E-state index is 0.264. The molecular formula is C11H6ClFIN. The molecule has 0 saturated carbocycles. The standard InChI is InChI=1S/C11H6ClFIN/c12-8-5-10(14)11(15-6-8)7-2-1-3-9(13)4-7/h1-6H. The van der Waals surface area contributed by atoms with Crippen molar-refractivity contribution in [3.8, 4) is 11.3 Å². The SMILES string of the molecule is Fc1cccc(-c2ncc(Cl)cc2I)c1. The number of nitrogens with zero attached hydrogens (tertiary/aromatic N) is 1. The van der Waals surface area contributed by atoms with Gasteiger partial charge >= 0.3 is 0 Å². The predicted molar refractivity (Wildman–Crippen MR) is 67.4 cm³/mol. The second-order valence-electron chi connectivity index (χ2n) is 2.99. The molecule has 4 heteroatoms. The molecule has 0 amide bonds. The minimum Gasteiger partial charge on any atom is -0.254 e. The molecular weight excluding hydrogens is 327 g/mol. The molecule has 0 radical (unpaired) electrons. The zero-order valence-electron chi connectivity index (χ0n) is 7.55. The maximum Gasteiger partial charge on any atom is 0.123 e. The maximum absolute atomic E-state index is 13.0. The van der Waals surface area contributed by atoms with E-state index in [1.807, 2.05) is 6.07 Å². The second kappa shape index (κ2) is 4.45. The fraction of sp³-hybridized carbons (Fsp3) is 0. The van der Waals surface area contributed by atoms with Crippen LogP contribution >= 0.6 is 34.2 Å². The smallest absolute Gasteiger partial charge is 0.123 e. The van der Waals surface area contributed by atoms with Crippen LogP contribution in [0.15, 0.2) is 36.5 Å². The van der Waals surface area contributed by atoms with Gasteiger partial charge in [-0.1, -0.05) is 23.7 Å². The van der Waals surface area contributed by atoms with Crippen LogP contribution in [0, 0.1) is 9.39 Å². The number of aromatic nitrogens is 1. The molecule has 1 heterocycles. The predicted octanol–water partition coefficient (Wildman–Crippen LogP) is 4.15. The van der Waals surface area contributed by atoms with Crippen molar-refractivity contribution in [1.29, 1.82) is 0 Å². The van der Waals surface area contributed by atoms with E-state index in [9.17, 15) is 4.39 Å². The first-order valence-electron chi connectivity index (χ1n) is 4.24. The van der Waals surface area contributed by atoms with Crippen molar-refractivity contribution in [3.05, 3.63) is 50.9 Å². The van der Waals surface area contributed by atoms with Crippen LogP contribution in [0.1, 0.15) is 0 Å². The van der Waals surface area contributed by atoms with Crippen LogP contribution in [0.3, 0.4) is 0 Å². The molecule has 1 nitrogen and oxygen atoms in total. The Kier molecular flexibility index (Phi) is 3.21. The molecule has 0 N–H and O–H groups in total. The molecule has 0 bridgehead atoms. The van der Waals surface area contributed by atoms with E-state index in [2.05, 4.69) is 27.6 Å². The lowest BCUT2D eigenvalue weighted by Crippen LogP contribution is -1.88. The molecule has 1 aromatic carbocycles. The fourth-order valence-corrected chi connectivity index (χ4v) is 2.39. The highest BCUT2D eigenvalue weighted by molar-refractivity contribution is 14.1. The van der Waals surface area contributed by atoms with E-state index < -0.39 is 0 Å². The van der Waals surface area contributed by atoms with E-state index in [1.165, 1.54) is 12.1 Å². The van der Waals surface area contributed by atoms with E-state index >= 15 is 0 Å². The first kappa shape index (κ1) is 10.8. The van der Waals surface area contributed by atoms with Gasteiger partial charge in [0.05, 0.1) is 10.7 Å². The van der Waals surface area contributed by atoms with Gasteiger partial charge in [-0.2, -0.15) is 0 Å². The van der Waals surface area contributed by atoms with E-state index in [0.29, 0.717) is 5.02 Å². The van der Waals surface area contributed by atoms with Gasteiger partial charge < -0.3 is 0 Å². The topological polar surface area (TPSA) is 12.9 Å². The lowest BCUT2D eigenvalue weighted by atomic mass is 10.1. The van der Waals surface area contributed by atoms with Gasteiger partial charge in [0.1, 0.15) is 5.82 Å². The third-order valence-corrected chi connectivity index (χ3v) is 2.93. The quantitative estimate of drug-likeness (QED) is 0.715. The van der Waals surface area contributed by atoms with Crippen LogP contribution in [0.4, 0.5) is 4.39 Å². The molecule has 1 aromatic heterocycles. The molecule has 0 fully saturated rings. The van der Waals surface area contributed by atoms with Crippen LogP contribution in [0.5, 0.6) is 0 Å². The van der Waals surface area contributed by atoms with Crippen molar-refractivity contribution >= 4 is 34.2 Å². The Morgan fingerprint density at radius 2 is 2.07 bits per heavy atom. The summed E-state index contributed by atoms with van der Waals surface area (Å²) < 4.78 is 13.9. The molecule has 2 rings (SSSR count). The minimum atomic E-state index is -0.264. The summed E-state index contributed by atoms with van der Waals surface area (Å²) >= 11 is 7.93. The molecule has 0 saturated heterocycles. The van der Waals surface area contributed by atoms with Gasteiger partial charge in [0.2, 0.25) is 0 Å². The Bertz CT molecular complexity index is 502. The number of hydrogen-bond acceptors (Lipinski definition) is 1. The van der Waals surface area contributed by atoms with Gasteiger partial charge in [0.25, 0.3) is 0 Å². The average molecular weight is 334 g/mol. The normalized spacial score (nSPS) is 10.3. The van der Waals surface area contributed by atoms with Crippen LogP contribution in [0.25, 0.3) is 11.3 Å². The Hall–Kier alpha value is -0.680. The third kappa shape index (κ3) is 2.46. The van der Waals surface area contributed by atoms with E-state index in [1.54, 1.807) is 18.3 Å². The van der Waals surface area contributed by atoms with Crippen molar-refractivity contribution in [1.82, 2.24) is 4.98 Å². The van der Waals surface area contributed by atoms with Crippen LogP contribution in [0.2, 0.25) is 5.02 Å². The fourth-order valence-electron chi connectivity index (χ4n) is 1.26. The number of rotatable bonds is 1. The summed E-state index contributed by atoms with van der Waals surface area (Å²) in [5.41, 5.74) is 1.51. The largest absolute Gasteiger partial charge is 0.254 e. The third-order valence-electron chi connectivity index (χ3n) is 1.91. The van der Waals surface area contributed by atoms with Crippen molar-refractivity contribution in [2.75, 3.05) is 0 Å². The Morgan fingerprint density at radius 3 is 2.73 bits per heavy atom. The first-order chi connectivity index (χ1) is 7.16. The van der Waals surface area contributed by atoms with Gasteiger partial charge in [0.15, 0.2) is 0 Å². The molecule has 76 valence electrons. The van der Waals surface area contributed by atoms with E-state index in [0.717, 1.165) is 14.8 Å². The Morgan fingerprint density at radius 1 is 1.27 bits per heavy atom. The number of halogens is 3. The zero-order valence-corrected chi connectivity index (χ0v) is 10.5. The van der Waals surface area contributed by atoms with Crippen molar-refractivity contribution in [3.63, 3.8) is 0 Å². The second-order valence-corrected chi connectivity index (χ2v) is 4.59. The van der Waals surface area contributed by atoms with Crippen molar-refractivity contribution in [2.45, 2.75) is 0 Å².